The molecule has 2 aliphatic rings. The summed E-state index contributed by atoms with van der Waals surface area (Å²) in [7, 11) is 0. The van der Waals surface area contributed by atoms with Crippen LogP contribution in [0.5, 0.6) is 11.5 Å². The van der Waals surface area contributed by atoms with E-state index >= 15 is 0 Å². The SMILES string of the molecule is CCC1(CC)CC[C@H](C2=NCCN2)c2ccc(O)c(O)c21. The van der Waals surface area contributed by atoms with Gasteiger partial charge in [0.25, 0.3) is 0 Å². The summed E-state index contributed by atoms with van der Waals surface area (Å²) in [6, 6.07) is 3.58. The van der Waals surface area contributed by atoms with Crippen molar-refractivity contribution >= 4 is 5.84 Å². The van der Waals surface area contributed by atoms with Crippen LogP contribution >= 0.6 is 0 Å². The van der Waals surface area contributed by atoms with Crippen molar-refractivity contribution < 1.29 is 10.2 Å². The quantitative estimate of drug-likeness (QED) is 0.749. The number of nitrogens with one attached hydrogen (secondary N) is 1. The van der Waals surface area contributed by atoms with Crippen LogP contribution in [-0.4, -0.2) is 29.1 Å². The monoisotopic (exact) mass is 288 g/mol. The molecule has 0 bridgehead atoms. The number of phenolic OH excluding ortho intramolecular Hbond substituents is 2. The molecule has 4 nitrogen and oxygen atoms in total. The fraction of sp³-hybridized carbons (Fsp3) is 0.588. The van der Waals surface area contributed by atoms with Crippen molar-refractivity contribution in [3.05, 3.63) is 23.3 Å². The van der Waals surface area contributed by atoms with Crippen LogP contribution in [0.2, 0.25) is 0 Å². The van der Waals surface area contributed by atoms with E-state index in [-0.39, 0.29) is 22.8 Å². The standard InChI is InChI=1S/C17H24N2O2/c1-3-17(4-2)8-7-12(16-18-9-10-19-16)11-5-6-13(20)15(21)14(11)17/h5-6,12,20-21H,3-4,7-10H2,1-2H3,(H,18,19)/t12-/m0/s1. The maximum absolute atomic E-state index is 10.5. The molecule has 0 aromatic heterocycles. The Balaban J connectivity index is 2.16. The third-order valence-corrected chi connectivity index (χ3v) is 5.39. The zero-order valence-corrected chi connectivity index (χ0v) is 12.8. The summed E-state index contributed by atoms with van der Waals surface area (Å²) in [6.07, 6.45) is 4.01. The van der Waals surface area contributed by atoms with Gasteiger partial charge >= 0.3 is 0 Å². The van der Waals surface area contributed by atoms with Crippen LogP contribution in [0.4, 0.5) is 0 Å². The lowest BCUT2D eigenvalue weighted by Gasteiger charge is -2.41. The van der Waals surface area contributed by atoms with Crippen LogP contribution in [0.25, 0.3) is 0 Å². The highest BCUT2D eigenvalue weighted by Gasteiger charge is 2.41. The molecule has 0 fully saturated rings. The third kappa shape index (κ3) is 2.08. The zero-order chi connectivity index (χ0) is 15.0. The molecular weight excluding hydrogens is 264 g/mol. The van der Waals surface area contributed by atoms with Crippen LogP contribution < -0.4 is 5.32 Å². The van der Waals surface area contributed by atoms with E-state index < -0.39 is 0 Å². The fourth-order valence-corrected chi connectivity index (χ4v) is 4.04. The molecule has 0 amide bonds. The number of benzene rings is 1. The van der Waals surface area contributed by atoms with Crippen molar-refractivity contribution in [3.8, 4) is 11.5 Å². The molecular formula is C17H24N2O2. The molecule has 0 saturated carbocycles. The lowest BCUT2D eigenvalue weighted by molar-refractivity contribution is 0.304. The van der Waals surface area contributed by atoms with Crippen molar-refractivity contribution in [1.82, 2.24) is 5.32 Å². The number of aliphatic imine (C=N–C) groups is 1. The van der Waals surface area contributed by atoms with E-state index in [2.05, 4.69) is 24.2 Å². The van der Waals surface area contributed by atoms with Gasteiger partial charge in [-0.05, 0) is 42.7 Å². The van der Waals surface area contributed by atoms with Crippen LogP contribution in [-0.2, 0) is 5.41 Å². The van der Waals surface area contributed by atoms with Gasteiger partial charge in [0.05, 0.1) is 6.54 Å². The lowest BCUT2D eigenvalue weighted by atomic mass is 9.63. The molecule has 114 valence electrons. The molecule has 0 saturated heterocycles. The van der Waals surface area contributed by atoms with Gasteiger partial charge in [0.2, 0.25) is 0 Å². The van der Waals surface area contributed by atoms with E-state index in [0.717, 1.165) is 55.7 Å². The Morgan fingerprint density at radius 2 is 2.05 bits per heavy atom. The summed E-state index contributed by atoms with van der Waals surface area (Å²) in [5, 5.41) is 23.8. The first-order chi connectivity index (χ1) is 10.1. The summed E-state index contributed by atoms with van der Waals surface area (Å²) >= 11 is 0. The first-order valence-electron chi connectivity index (χ1n) is 7.96. The Morgan fingerprint density at radius 1 is 1.29 bits per heavy atom. The van der Waals surface area contributed by atoms with Gasteiger partial charge < -0.3 is 15.5 Å². The van der Waals surface area contributed by atoms with Gasteiger partial charge in [-0.25, -0.2) is 0 Å². The average molecular weight is 288 g/mol. The molecule has 3 N–H and O–H groups in total. The largest absolute Gasteiger partial charge is 0.504 e. The molecule has 1 aromatic rings. The topological polar surface area (TPSA) is 64.9 Å². The minimum atomic E-state index is -0.0339. The molecule has 1 aliphatic heterocycles. The summed E-state index contributed by atoms with van der Waals surface area (Å²) in [4.78, 5) is 4.57. The number of rotatable bonds is 3. The van der Waals surface area contributed by atoms with Gasteiger partial charge in [0, 0.05) is 18.0 Å². The number of hydrogen-bond acceptors (Lipinski definition) is 4. The molecule has 21 heavy (non-hydrogen) atoms. The van der Waals surface area contributed by atoms with Crippen molar-refractivity contribution in [2.45, 2.75) is 50.9 Å². The number of fused-ring (bicyclic) bond motifs is 1. The summed E-state index contributed by atoms with van der Waals surface area (Å²) < 4.78 is 0. The molecule has 0 radical (unpaired) electrons. The van der Waals surface area contributed by atoms with E-state index in [4.69, 9.17) is 0 Å². The number of hydrogen-bond donors (Lipinski definition) is 3. The maximum Gasteiger partial charge on any atom is 0.161 e. The van der Waals surface area contributed by atoms with Crippen LogP contribution in [0.3, 0.4) is 0 Å². The second kappa shape index (κ2) is 5.24. The Hall–Kier alpha value is -1.71. The van der Waals surface area contributed by atoms with Crippen molar-refractivity contribution in [2.24, 2.45) is 4.99 Å². The normalized spacial score (nSPS) is 23.3. The average Bonchev–Trinajstić information content (AvgIpc) is 3.04. The number of amidine groups is 1. The zero-order valence-electron chi connectivity index (χ0n) is 12.8. The van der Waals surface area contributed by atoms with E-state index in [1.165, 1.54) is 0 Å². The van der Waals surface area contributed by atoms with Gasteiger partial charge in [-0.2, -0.15) is 0 Å². The molecule has 0 spiro atoms. The minimum absolute atomic E-state index is 0.0120. The van der Waals surface area contributed by atoms with E-state index in [1.54, 1.807) is 6.07 Å². The van der Waals surface area contributed by atoms with Crippen molar-refractivity contribution in [3.63, 3.8) is 0 Å². The molecule has 1 aromatic carbocycles. The maximum atomic E-state index is 10.5. The first-order valence-corrected chi connectivity index (χ1v) is 7.96. The van der Waals surface area contributed by atoms with Gasteiger partial charge in [-0.3, -0.25) is 4.99 Å². The van der Waals surface area contributed by atoms with E-state index in [9.17, 15) is 10.2 Å². The Kier molecular flexibility index (Phi) is 3.56. The highest BCUT2D eigenvalue weighted by atomic mass is 16.3. The molecule has 3 rings (SSSR count). The molecule has 0 unspecified atom stereocenters. The molecule has 1 aliphatic carbocycles. The second-order valence-electron chi connectivity index (χ2n) is 6.17. The number of aromatic hydroxyl groups is 2. The summed E-state index contributed by atoms with van der Waals surface area (Å²) in [5.74, 6) is 1.32. The summed E-state index contributed by atoms with van der Waals surface area (Å²) in [5.41, 5.74) is 2.04. The van der Waals surface area contributed by atoms with Gasteiger partial charge in [-0.15, -0.1) is 0 Å². The van der Waals surface area contributed by atoms with Gasteiger partial charge in [-0.1, -0.05) is 19.9 Å². The van der Waals surface area contributed by atoms with Crippen molar-refractivity contribution in [1.29, 1.82) is 0 Å². The fourth-order valence-electron chi connectivity index (χ4n) is 4.04. The third-order valence-electron chi connectivity index (χ3n) is 5.39. The van der Waals surface area contributed by atoms with E-state index in [1.807, 2.05) is 6.07 Å². The van der Waals surface area contributed by atoms with E-state index in [0.29, 0.717) is 0 Å². The number of phenols is 2. The van der Waals surface area contributed by atoms with Crippen LogP contribution in [0.15, 0.2) is 17.1 Å². The lowest BCUT2D eigenvalue weighted by Crippen LogP contribution is -2.36. The molecule has 1 heterocycles. The smallest absolute Gasteiger partial charge is 0.161 e. The van der Waals surface area contributed by atoms with Crippen LogP contribution in [0, 0.1) is 0 Å². The Labute approximate surface area is 125 Å². The van der Waals surface area contributed by atoms with Crippen LogP contribution in [0.1, 0.15) is 56.6 Å². The number of nitrogens with zero attached hydrogens (tertiary/aromatic N) is 1. The predicted molar refractivity (Wildman–Crippen MR) is 84.3 cm³/mol. The first kappa shape index (κ1) is 14.2. The minimum Gasteiger partial charge on any atom is -0.504 e. The molecule has 1 atom stereocenters. The van der Waals surface area contributed by atoms with Gasteiger partial charge in [0.1, 0.15) is 5.84 Å². The Morgan fingerprint density at radius 3 is 2.67 bits per heavy atom. The summed E-state index contributed by atoms with van der Waals surface area (Å²) in [6.45, 7) is 6.07. The van der Waals surface area contributed by atoms with Gasteiger partial charge in [0.15, 0.2) is 11.5 Å². The second-order valence-corrected chi connectivity index (χ2v) is 6.17. The van der Waals surface area contributed by atoms with Crippen molar-refractivity contribution in [2.75, 3.05) is 13.1 Å². The molecule has 4 heteroatoms. The Bertz CT molecular complexity index is 576. The predicted octanol–water partition coefficient (Wildman–Crippen LogP) is 3.03. The highest BCUT2D eigenvalue weighted by molar-refractivity contribution is 5.91. The highest BCUT2D eigenvalue weighted by Crippen LogP contribution is 2.52.